The molecule has 0 bridgehead atoms. The third kappa shape index (κ3) is 3.70. The summed E-state index contributed by atoms with van der Waals surface area (Å²) < 4.78 is 5.58. The van der Waals surface area contributed by atoms with E-state index in [0.717, 1.165) is 24.2 Å². The Kier molecular flexibility index (Phi) is 4.43. The molecule has 1 atom stereocenters. The molecule has 1 unspecified atom stereocenters. The third-order valence-electron chi connectivity index (χ3n) is 3.64. The Hall–Kier alpha value is -1.55. The first-order valence-corrected chi connectivity index (χ1v) is 6.77. The summed E-state index contributed by atoms with van der Waals surface area (Å²) >= 11 is 0. The zero-order valence-electron chi connectivity index (χ0n) is 11.8. The highest BCUT2D eigenvalue weighted by atomic mass is 16.5. The highest BCUT2D eigenvalue weighted by Gasteiger charge is 2.29. The normalized spacial score (nSPS) is 15.9. The van der Waals surface area contributed by atoms with E-state index in [-0.39, 0.29) is 18.6 Å². The molecule has 2 rings (SSSR count). The number of hydrogen-bond acceptors (Lipinski definition) is 3. The van der Waals surface area contributed by atoms with Crippen molar-refractivity contribution in [2.45, 2.75) is 31.8 Å². The number of amides is 1. The Morgan fingerprint density at radius 1 is 1.53 bits per heavy atom. The van der Waals surface area contributed by atoms with Gasteiger partial charge in [-0.1, -0.05) is 12.1 Å². The van der Waals surface area contributed by atoms with Crippen LogP contribution in [0.25, 0.3) is 0 Å². The minimum atomic E-state index is 0.0505. The fourth-order valence-electron chi connectivity index (χ4n) is 1.95. The van der Waals surface area contributed by atoms with Crippen molar-refractivity contribution in [1.29, 1.82) is 0 Å². The van der Waals surface area contributed by atoms with Crippen molar-refractivity contribution in [1.82, 2.24) is 10.2 Å². The zero-order valence-corrected chi connectivity index (χ0v) is 11.8. The molecule has 0 aromatic heterocycles. The van der Waals surface area contributed by atoms with Crippen molar-refractivity contribution in [3.05, 3.63) is 29.8 Å². The van der Waals surface area contributed by atoms with E-state index >= 15 is 0 Å². The molecule has 1 fully saturated rings. The van der Waals surface area contributed by atoms with Crippen LogP contribution in [0.5, 0.6) is 5.75 Å². The summed E-state index contributed by atoms with van der Waals surface area (Å²) in [5.74, 6) is 0.798. The maximum Gasteiger partial charge on any atom is 0.260 e. The first kappa shape index (κ1) is 13.9. The summed E-state index contributed by atoms with van der Waals surface area (Å²) in [6, 6.07) is 8.57. The molecule has 0 spiro atoms. The molecule has 1 aliphatic rings. The predicted octanol–water partition coefficient (Wildman–Crippen LogP) is 1.97. The van der Waals surface area contributed by atoms with Gasteiger partial charge in [0.05, 0.1) is 0 Å². The Morgan fingerprint density at radius 2 is 2.26 bits per heavy atom. The molecule has 4 heteroatoms. The van der Waals surface area contributed by atoms with Gasteiger partial charge in [-0.2, -0.15) is 0 Å². The van der Waals surface area contributed by atoms with E-state index in [0.29, 0.717) is 6.04 Å². The van der Waals surface area contributed by atoms with Crippen molar-refractivity contribution in [2.75, 3.05) is 20.7 Å². The van der Waals surface area contributed by atoms with E-state index in [1.807, 2.05) is 38.4 Å². The van der Waals surface area contributed by atoms with Gasteiger partial charge in [-0.3, -0.25) is 4.79 Å². The number of nitrogens with zero attached hydrogens (tertiary/aromatic N) is 1. The minimum Gasteiger partial charge on any atom is -0.484 e. The number of carbonyl (C=O) groups excluding carboxylic acids is 1. The van der Waals surface area contributed by atoms with Crippen LogP contribution in [0.4, 0.5) is 0 Å². The van der Waals surface area contributed by atoms with Gasteiger partial charge in [0.1, 0.15) is 5.75 Å². The number of rotatable bonds is 6. The van der Waals surface area contributed by atoms with Crippen LogP contribution in [0.1, 0.15) is 31.4 Å². The number of benzene rings is 1. The van der Waals surface area contributed by atoms with E-state index in [2.05, 4.69) is 12.2 Å². The standard InChI is InChI=1S/C15H22N2O2/c1-11(16-2)12-5-4-6-14(9-12)19-10-15(18)17(3)13-7-8-13/h4-6,9,11,13,16H,7-8,10H2,1-3H3. The molecule has 1 aromatic rings. The van der Waals surface area contributed by atoms with E-state index in [1.165, 1.54) is 0 Å². The Bertz CT molecular complexity index is 444. The fourth-order valence-corrected chi connectivity index (χ4v) is 1.95. The Balaban J connectivity index is 1.90. The largest absolute Gasteiger partial charge is 0.484 e. The van der Waals surface area contributed by atoms with Crippen LogP contribution in [0.15, 0.2) is 24.3 Å². The lowest BCUT2D eigenvalue weighted by Gasteiger charge is -2.17. The smallest absolute Gasteiger partial charge is 0.260 e. The minimum absolute atomic E-state index is 0.0505. The molecule has 1 amide bonds. The first-order chi connectivity index (χ1) is 9.11. The Labute approximate surface area is 114 Å². The fraction of sp³-hybridized carbons (Fsp3) is 0.533. The second kappa shape index (κ2) is 6.06. The molecular weight excluding hydrogens is 240 g/mol. The number of likely N-dealkylation sites (N-methyl/N-ethyl adjacent to an activating group) is 1. The van der Waals surface area contributed by atoms with Crippen LogP contribution < -0.4 is 10.1 Å². The second-order valence-electron chi connectivity index (χ2n) is 5.11. The molecular formula is C15H22N2O2. The summed E-state index contributed by atoms with van der Waals surface area (Å²) in [5, 5.41) is 3.18. The summed E-state index contributed by atoms with van der Waals surface area (Å²) in [4.78, 5) is 13.7. The van der Waals surface area contributed by atoms with E-state index in [9.17, 15) is 4.79 Å². The topological polar surface area (TPSA) is 41.6 Å². The van der Waals surface area contributed by atoms with E-state index in [1.54, 1.807) is 4.90 Å². The lowest BCUT2D eigenvalue weighted by Crippen LogP contribution is -2.33. The highest BCUT2D eigenvalue weighted by Crippen LogP contribution is 2.25. The van der Waals surface area contributed by atoms with Gasteiger partial charge in [-0.15, -0.1) is 0 Å². The summed E-state index contributed by atoms with van der Waals surface area (Å²) in [6.45, 7) is 2.20. The molecule has 4 nitrogen and oxygen atoms in total. The van der Waals surface area contributed by atoms with Crippen molar-refractivity contribution in [3.63, 3.8) is 0 Å². The molecule has 0 saturated heterocycles. The molecule has 19 heavy (non-hydrogen) atoms. The SMILES string of the molecule is CNC(C)c1cccc(OCC(=O)N(C)C2CC2)c1. The van der Waals surface area contributed by atoms with Crippen LogP contribution in [0, 0.1) is 0 Å². The van der Waals surface area contributed by atoms with Gasteiger partial charge in [0.2, 0.25) is 0 Å². The highest BCUT2D eigenvalue weighted by molar-refractivity contribution is 5.78. The van der Waals surface area contributed by atoms with Crippen molar-refractivity contribution in [2.24, 2.45) is 0 Å². The van der Waals surface area contributed by atoms with Gasteiger partial charge in [-0.25, -0.2) is 0 Å². The quantitative estimate of drug-likeness (QED) is 0.852. The van der Waals surface area contributed by atoms with Crippen LogP contribution in [0.3, 0.4) is 0 Å². The van der Waals surface area contributed by atoms with Gasteiger partial charge < -0.3 is 15.0 Å². The van der Waals surface area contributed by atoms with Crippen LogP contribution in [-0.2, 0) is 4.79 Å². The lowest BCUT2D eigenvalue weighted by atomic mass is 10.1. The van der Waals surface area contributed by atoms with Crippen molar-refractivity contribution in [3.8, 4) is 5.75 Å². The lowest BCUT2D eigenvalue weighted by molar-refractivity contribution is -0.132. The van der Waals surface area contributed by atoms with Crippen LogP contribution in [-0.4, -0.2) is 37.6 Å². The molecule has 0 radical (unpaired) electrons. The zero-order chi connectivity index (χ0) is 13.8. The van der Waals surface area contributed by atoms with Gasteiger partial charge >= 0.3 is 0 Å². The van der Waals surface area contributed by atoms with E-state index < -0.39 is 0 Å². The molecule has 1 saturated carbocycles. The molecule has 0 aliphatic heterocycles. The third-order valence-corrected chi connectivity index (χ3v) is 3.64. The van der Waals surface area contributed by atoms with Gasteiger partial charge in [0, 0.05) is 19.1 Å². The predicted molar refractivity (Wildman–Crippen MR) is 75.2 cm³/mol. The van der Waals surface area contributed by atoms with Gasteiger partial charge in [0.15, 0.2) is 6.61 Å². The second-order valence-corrected chi connectivity index (χ2v) is 5.11. The maximum atomic E-state index is 11.9. The number of nitrogens with one attached hydrogen (secondary N) is 1. The number of carbonyl (C=O) groups is 1. The van der Waals surface area contributed by atoms with Crippen LogP contribution >= 0.6 is 0 Å². The summed E-state index contributed by atoms with van der Waals surface area (Å²) in [5.41, 5.74) is 1.16. The maximum absolute atomic E-state index is 11.9. The van der Waals surface area contributed by atoms with Crippen molar-refractivity contribution < 1.29 is 9.53 Å². The molecule has 1 N–H and O–H groups in total. The monoisotopic (exact) mass is 262 g/mol. The number of ether oxygens (including phenoxy) is 1. The Morgan fingerprint density at radius 3 is 2.89 bits per heavy atom. The van der Waals surface area contributed by atoms with Crippen LogP contribution in [0.2, 0.25) is 0 Å². The van der Waals surface area contributed by atoms with Gasteiger partial charge in [-0.05, 0) is 44.5 Å². The average molecular weight is 262 g/mol. The molecule has 1 aromatic carbocycles. The van der Waals surface area contributed by atoms with Crippen molar-refractivity contribution >= 4 is 5.91 Å². The summed E-state index contributed by atoms with van der Waals surface area (Å²) in [7, 11) is 3.77. The van der Waals surface area contributed by atoms with E-state index in [4.69, 9.17) is 4.74 Å². The van der Waals surface area contributed by atoms with Gasteiger partial charge in [0.25, 0.3) is 5.91 Å². The average Bonchev–Trinajstić information content (AvgIpc) is 3.28. The molecule has 104 valence electrons. The number of hydrogen-bond donors (Lipinski definition) is 1. The molecule has 1 aliphatic carbocycles. The summed E-state index contributed by atoms with van der Waals surface area (Å²) in [6.07, 6.45) is 2.24. The first-order valence-electron chi connectivity index (χ1n) is 6.77. The molecule has 0 heterocycles.